The molecule has 0 aliphatic heterocycles. The lowest BCUT2D eigenvalue weighted by Crippen LogP contribution is -1.88. The van der Waals surface area contributed by atoms with Gasteiger partial charge in [-0.25, -0.2) is 4.98 Å². The van der Waals surface area contributed by atoms with E-state index in [1.54, 1.807) is 25.3 Å². The number of carbonyl (C=O) groups excluding carboxylic acids is 1. The van der Waals surface area contributed by atoms with E-state index in [1.165, 1.54) is 6.07 Å². The Bertz CT molecular complexity index is 952. The Morgan fingerprint density at radius 1 is 1.08 bits per heavy atom. The van der Waals surface area contributed by atoms with Crippen LogP contribution in [0.3, 0.4) is 0 Å². The second-order valence-corrected chi connectivity index (χ2v) is 5.23. The van der Waals surface area contributed by atoms with Gasteiger partial charge >= 0.3 is 0 Å². The average molecular weight is 321 g/mol. The van der Waals surface area contributed by atoms with Gasteiger partial charge in [-0.2, -0.15) is 0 Å². The SMILES string of the molecule is COc1ccc(C)cc1N=Nc1ccc(O)c2nc(C=O)ccc12. The zero-order chi connectivity index (χ0) is 17.1. The Labute approximate surface area is 138 Å². The number of methoxy groups -OCH3 is 1. The van der Waals surface area contributed by atoms with Crippen molar-refractivity contribution in [2.24, 2.45) is 10.2 Å². The van der Waals surface area contributed by atoms with Crippen molar-refractivity contribution in [2.75, 3.05) is 7.11 Å². The number of carbonyl (C=O) groups is 1. The molecule has 0 spiro atoms. The second-order valence-electron chi connectivity index (χ2n) is 5.23. The Hall–Kier alpha value is -3.28. The summed E-state index contributed by atoms with van der Waals surface area (Å²) >= 11 is 0. The summed E-state index contributed by atoms with van der Waals surface area (Å²) in [6.45, 7) is 1.96. The molecule has 0 amide bonds. The number of aromatic hydroxyl groups is 1. The molecule has 0 atom stereocenters. The van der Waals surface area contributed by atoms with E-state index in [1.807, 2.05) is 25.1 Å². The Morgan fingerprint density at radius 3 is 2.62 bits per heavy atom. The van der Waals surface area contributed by atoms with Gasteiger partial charge in [0.1, 0.15) is 28.4 Å². The van der Waals surface area contributed by atoms with Crippen molar-refractivity contribution in [2.45, 2.75) is 6.92 Å². The van der Waals surface area contributed by atoms with Crippen molar-refractivity contribution >= 4 is 28.6 Å². The molecule has 0 aliphatic rings. The second kappa shape index (κ2) is 6.45. The van der Waals surface area contributed by atoms with E-state index in [0.29, 0.717) is 34.3 Å². The van der Waals surface area contributed by atoms with Crippen LogP contribution in [0.1, 0.15) is 16.1 Å². The fraction of sp³-hybridized carbons (Fsp3) is 0.111. The molecule has 3 aromatic rings. The van der Waals surface area contributed by atoms with Gasteiger partial charge in [-0.3, -0.25) is 4.79 Å². The molecule has 0 aliphatic carbocycles. The third kappa shape index (κ3) is 2.94. The molecule has 1 heterocycles. The lowest BCUT2D eigenvalue weighted by atomic mass is 10.1. The van der Waals surface area contributed by atoms with E-state index in [0.717, 1.165) is 5.56 Å². The molecule has 1 aromatic heterocycles. The fourth-order valence-corrected chi connectivity index (χ4v) is 2.34. The number of benzene rings is 2. The molecule has 0 radical (unpaired) electrons. The summed E-state index contributed by atoms with van der Waals surface area (Å²) in [6, 6.07) is 12.0. The minimum atomic E-state index is -0.0132. The molecule has 6 heteroatoms. The predicted octanol–water partition coefficient (Wildman–Crippen LogP) is 4.49. The van der Waals surface area contributed by atoms with Gasteiger partial charge in [0, 0.05) is 5.39 Å². The van der Waals surface area contributed by atoms with E-state index in [9.17, 15) is 9.90 Å². The van der Waals surface area contributed by atoms with Crippen LogP contribution in [-0.4, -0.2) is 23.5 Å². The maximum atomic E-state index is 10.9. The third-order valence-corrected chi connectivity index (χ3v) is 3.55. The number of aldehydes is 1. The molecule has 6 nitrogen and oxygen atoms in total. The van der Waals surface area contributed by atoms with Crippen LogP contribution in [0.25, 0.3) is 10.9 Å². The highest BCUT2D eigenvalue weighted by Gasteiger charge is 2.08. The maximum absolute atomic E-state index is 10.9. The number of azo groups is 1. The first-order chi connectivity index (χ1) is 11.6. The summed E-state index contributed by atoms with van der Waals surface area (Å²) in [5.74, 6) is 0.606. The molecule has 0 bridgehead atoms. The number of aryl methyl sites for hydroxylation is 1. The summed E-state index contributed by atoms with van der Waals surface area (Å²) in [5.41, 5.74) is 2.74. The minimum absolute atomic E-state index is 0.0132. The van der Waals surface area contributed by atoms with Gasteiger partial charge in [-0.15, -0.1) is 10.2 Å². The van der Waals surface area contributed by atoms with Crippen LogP contribution in [0.5, 0.6) is 11.5 Å². The molecule has 24 heavy (non-hydrogen) atoms. The van der Waals surface area contributed by atoms with Gasteiger partial charge < -0.3 is 9.84 Å². The molecule has 0 unspecified atom stereocenters. The zero-order valence-corrected chi connectivity index (χ0v) is 13.2. The highest BCUT2D eigenvalue weighted by molar-refractivity contribution is 5.95. The zero-order valence-electron chi connectivity index (χ0n) is 13.2. The van der Waals surface area contributed by atoms with Gasteiger partial charge in [0.2, 0.25) is 0 Å². The van der Waals surface area contributed by atoms with Crippen molar-refractivity contribution < 1.29 is 14.6 Å². The Balaban J connectivity index is 2.09. The van der Waals surface area contributed by atoms with E-state index in [4.69, 9.17) is 4.74 Å². The van der Waals surface area contributed by atoms with Crippen molar-refractivity contribution in [3.05, 3.63) is 53.7 Å². The number of hydrogen-bond donors (Lipinski definition) is 1. The topological polar surface area (TPSA) is 84.1 Å². The summed E-state index contributed by atoms with van der Waals surface area (Å²) < 4.78 is 5.28. The summed E-state index contributed by atoms with van der Waals surface area (Å²) in [4.78, 5) is 15.0. The van der Waals surface area contributed by atoms with E-state index >= 15 is 0 Å². The van der Waals surface area contributed by atoms with Crippen molar-refractivity contribution in [1.82, 2.24) is 4.98 Å². The smallest absolute Gasteiger partial charge is 0.168 e. The van der Waals surface area contributed by atoms with Crippen molar-refractivity contribution in [1.29, 1.82) is 0 Å². The number of fused-ring (bicyclic) bond motifs is 1. The van der Waals surface area contributed by atoms with Crippen LogP contribution in [0.15, 0.2) is 52.7 Å². The summed E-state index contributed by atoms with van der Waals surface area (Å²) in [7, 11) is 1.57. The summed E-state index contributed by atoms with van der Waals surface area (Å²) in [5, 5.41) is 19.1. The monoisotopic (exact) mass is 321 g/mol. The number of aromatic nitrogens is 1. The van der Waals surface area contributed by atoms with E-state index < -0.39 is 0 Å². The number of phenols is 1. The van der Waals surface area contributed by atoms with Crippen molar-refractivity contribution in [3.63, 3.8) is 0 Å². The maximum Gasteiger partial charge on any atom is 0.168 e. The Kier molecular flexibility index (Phi) is 4.20. The van der Waals surface area contributed by atoms with Gasteiger partial charge in [0.05, 0.1) is 12.8 Å². The average Bonchev–Trinajstić information content (AvgIpc) is 2.61. The van der Waals surface area contributed by atoms with Crippen LogP contribution < -0.4 is 4.74 Å². The number of rotatable bonds is 4. The molecule has 120 valence electrons. The van der Waals surface area contributed by atoms with Gasteiger partial charge in [0.25, 0.3) is 0 Å². The predicted molar refractivity (Wildman–Crippen MR) is 90.7 cm³/mol. The van der Waals surface area contributed by atoms with Crippen LogP contribution >= 0.6 is 0 Å². The van der Waals surface area contributed by atoms with Gasteiger partial charge in [-0.1, -0.05) is 6.07 Å². The number of hydrogen-bond acceptors (Lipinski definition) is 6. The lowest BCUT2D eigenvalue weighted by molar-refractivity contribution is 0.111. The first-order valence-corrected chi connectivity index (χ1v) is 7.26. The molecule has 0 saturated heterocycles. The fourth-order valence-electron chi connectivity index (χ4n) is 2.34. The third-order valence-electron chi connectivity index (χ3n) is 3.55. The number of nitrogens with zero attached hydrogens (tertiary/aromatic N) is 3. The molecule has 2 aromatic carbocycles. The molecule has 0 saturated carbocycles. The molecular formula is C18H15N3O3. The molecule has 0 fully saturated rings. The lowest BCUT2D eigenvalue weighted by Gasteiger charge is -2.05. The number of pyridine rings is 1. The van der Waals surface area contributed by atoms with Crippen molar-refractivity contribution in [3.8, 4) is 11.5 Å². The number of ether oxygens (including phenoxy) is 1. The van der Waals surface area contributed by atoms with Crippen LogP contribution in [0.4, 0.5) is 11.4 Å². The highest BCUT2D eigenvalue weighted by Crippen LogP contribution is 2.34. The largest absolute Gasteiger partial charge is 0.506 e. The van der Waals surface area contributed by atoms with Gasteiger partial charge in [-0.05, 0) is 48.9 Å². The quantitative estimate of drug-likeness (QED) is 0.567. The standard InChI is InChI=1S/C18H15N3O3/c1-11-3-8-17(24-2)15(9-11)21-20-14-6-7-16(23)18-13(14)5-4-12(10-22)19-18/h3-10,23H,1-2H3. The first-order valence-electron chi connectivity index (χ1n) is 7.26. The highest BCUT2D eigenvalue weighted by atomic mass is 16.5. The van der Waals surface area contributed by atoms with Gasteiger partial charge in [0.15, 0.2) is 6.29 Å². The molecular weight excluding hydrogens is 306 g/mol. The minimum Gasteiger partial charge on any atom is -0.506 e. The number of phenolic OH excluding ortho intramolecular Hbond substituents is 1. The van der Waals surface area contributed by atoms with Crippen LogP contribution in [-0.2, 0) is 0 Å². The molecule has 3 rings (SSSR count). The van der Waals surface area contributed by atoms with Crippen LogP contribution in [0, 0.1) is 6.92 Å². The summed E-state index contributed by atoms with van der Waals surface area (Å²) in [6.07, 6.45) is 0.630. The normalized spacial score (nSPS) is 11.1. The van der Waals surface area contributed by atoms with Crippen LogP contribution in [0.2, 0.25) is 0 Å². The van der Waals surface area contributed by atoms with E-state index in [2.05, 4.69) is 15.2 Å². The first kappa shape index (κ1) is 15.6. The Morgan fingerprint density at radius 2 is 1.88 bits per heavy atom. The van der Waals surface area contributed by atoms with E-state index in [-0.39, 0.29) is 11.4 Å². The molecule has 1 N–H and O–H groups in total.